The maximum Gasteiger partial charge on any atom is 0.243 e. The van der Waals surface area contributed by atoms with E-state index >= 15 is 0 Å². The molecule has 1 aromatic carbocycles. The summed E-state index contributed by atoms with van der Waals surface area (Å²) in [6.45, 7) is 0.752. The van der Waals surface area contributed by atoms with Gasteiger partial charge in [0.1, 0.15) is 18.1 Å². The zero-order chi connectivity index (χ0) is 31.8. The number of H-pyrrole nitrogens is 2. The third-order valence-corrected chi connectivity index (χ3v) is 6.80. The first-order valence-corrected chi connectivity index (χ1v) is 14.5. The largest absolute Gasteiger partial charge is 0.370 e. The van der Waals surface area contributed by atoms with Crippen LogP contribution in [-0.2, 0) is 32.0 Å². The summed E-state index contributed by atoms with van der Waals surface area (Å²) in [4.78, 5) is 57.7. The second-order valence-corrected chi connectivity index (χ2v) is 10.5. The molecule has 43 heavy (non-hydrogen) atoms. The van der Waals surface area contributed by atoms with E-state index in [-0.39, 0.29) is 31.6 Å². The molecule has 1 heterocycles. The highest BCUT2D eigenvalue weighted by Crippen LogP contribution is 2.08. The molecular weight excluding hydrogens is 574 g/mol. The molecule has 0 saturated heterocycles. The Balaban J connectivity index is 2.17. The molecule has 0 aliphatic rings. The van der Waals surface area contributed by atoms with E-state index in [1.165, 1.54) is 0 Å². The van der Waals surface area contributed by atoms with E-state index in [0.29, 0.717) is 42.8 Å². The number of rotatable bonds is 19. The number of amides is 4. The maximum atomic E-state index is 13.5. The Kier molecular flexibility index (Phi) is 14.9. The summed E-state index contributed by atoms with van der Waals surface area (Å²) in [5.41, 5.74) is 23.9. The minimum atomic E-state index is -1.11. The molecule has 16 heteroatoms. The SMILES string of the molecule is N=C(N)NCCC[C@@H](N)C(=O)N[C@@H](Cc1c[nH]c(=S)[nH]1)C(=O)N[C@@H](CCCCN)C(=O)N[C@@H](Cc1ccccc1)C(N)=O. The summed E-state index contributed by atoms with van der Waals surface area (Å²) < 4.78 is 0.338. The molecule has 0 fully saturated rings. The number of carbonyl (C=O) groups is 4. The second kappa shape index (κ2) is 18.3. The lowest BCUT2D eigenvalue weighted by molar-refractivity contribution is -0.133. The van der Waals surface area contributed by atoms with Gasteiger partial charge in [0, 0.05) is 31.3 Å². The summed E-state index contributed by atoms with van der Waals surface area (Å²) >= 11 is 5.08. The zero-order valence-corrected chi connectivity index (χ0v) is 24.8. The summed E-state index contributed by atoms with van der Waals surface area (Å²) in [7, 11) is 0. The van der Waals surface area contributed by atoms with E-state index in [9.17, 15) is 19.2 Å². The van der Waals surface area contributed by atoms with Crippen molar-refractivity contribution in [2.24, 2.45) is 22.9 Å². The molecule has 15 N–H and O–H groups in total. The Labute approximate surface area is 255 Å². The molecule has 0 aliphatic carbocycles. The van der Waals surface area contributed by atoms with Gasteiger partial charge >= 0.3 is 0 Å². The van der Waals surface area contributed by atoms with Crippen molar-refractivity contribution in [3.63, 3.8) is 0 Å². The van der Waals surface area contributed by atoms with Crippen molar-refractivity contribution in [1.82, 2.24) is 31.2 Å². The number of nitrogens with two attached hydrogens (primary N) is 4. The molecule has 2 aromatic rings. The second-order valence-electron chi connectivity index (χ2n) is 10.1. The molecule has 0 saturated carbocycles. The fraction of sp³-hybridized carbons (Fsp3) is 0.481. The van der Waals surface area contributed by atoms with Crippen molar-refractivity contribution in [2.45, 2.75) is 69.1 Å². The van der Waals surface area contributed by atoms with Crippen LogP contribution in [0.4, 0.5) is 0 Å². The summed E-state index contributed by atoms with van der Waals surface area (Å²) in [6, 6.07) is 4.99. The van der Waals surface area contributed by atoms with Crippen molar-refractivity contribution < 1.29 is 19.2 Å². The number of carbonyl (C=O) groups excluding carboxylic acids is 4. The molecule has 2 rings (SSSR count). The highest BCUT2D eigenvalue weighted by atomic mass is 32.1. The Morgan fingerprint density at radius 2 is 1.51 bits per heavy atom. The van der Waals surface area contributed by atoms with Crippen molar-refractivity contribution in [2.75, 3.05) is 13.1 Å². The molecule has 15 nitrogen and oxygen atoms in total. The number of aromatic nitrogens is 2. The number of imidazole rings is 1. The van der Waals surface area contributed by atoms with Crippen molar-refractivity contribution in [1.29, 1.82) is 5.41 Å². The molecule has 0 aliphatic heterocycles. The highest BCUT2D eigenvalue weighted by Gasteiger charge is 2.30. The van der Waals surface area contributed by atoms with Gasteiger partial charge in [-0.05, 0) is 56.4 Å². The van der Waals surface area contributed by atoms with E-state index in [1.807, 2.05) is 30.3 Å². The van der Waals surface area contributed by atoms with Gasteiger partial charge < -0.3 is 54.2 Å². The molecule has 0 bridgehead atoms. The molecule has 0 unspecified atom stereocenters. The number of guanidine groups is 1. The van der Waals surface area contributed by atoms with E-state index in [4.69, 9.17) is 40.6 Å². The van der Waals surface area contributed by atoms with Gasteiger partial charge in [-0.15, -0.1) is 0 Å². The van der Waals surface area contributed by atoms with Crippen molar-refractivity contribution in [3.8, 4) is 0 Å². The lowest BCUT2D eigenvalue weighted by Crippen LogP contribution is -2.58. The molecule has 0 radical (unpaired) electrons. The first-order valence-electron chi connectivity index (χ1n) is 14.0. The van der Waals surface area contributed by atoms with Crippen molar-refractivity contribution >= 4 is 41.8 Å². The molecule has 4 amide bonds. The van der Waals surface area contributed by atoms with Gasteiger partial charge in [-0.3, -0.25) is 24.6 Å². The van der Waals surface area contributed by atoms with Crippen molar-refractivity contribution in [3.05, 3.63) is 52.6 Å². The fourth-order valence-corrected chi connectivity index (χ4v) is 4.43. The van der Waals surface area contributed by atoms with Gasteiger partial charge in [-0.1, -0.05) is 30.3 Å². The lowest BCUT2D eigenvalue weighted by Gasteiger charge is -2.25. The number of benzene rings is 1. The van der Waals surface area contributed by atoms with Gasteiger partial charge in [0.2, 0.25) is 23.6 Å². The minimum Gasteiger partial charge on any atom is -0.370 e. The number of nitrogens with one attached hydrogen (secondary N) is 7. The van der Waals surface area contributed by atoms with E-state index in [0.717, 1.165) is 5.56 Å². The Morgan fingerprint density at radius 1 is 0.860 bits per heavy atom. The lowest BCUT2D eigenvalue weighted by atomic mass is 10.0. The molecular formula is C27H43N11O4S. The average molecular weight is 618 g/mol. The van der Waals surface area contributed by atoms with Gasteiger partial charge in [-0.2, -0.15) is 0 Å². The number of unbranched alkanes of at least 4 members (excludes halogenated alkanes) is 1. The topological polar surface area (TPSA) is 276 Å². The van der Waals surface area contributed by atoms with E-state index in [2.05, 4.69) is 31.2 Å². The van der Waals surface area contributed by atoms with Gasteiger partial charge in [0.25, 0.3) is 0 Å². The van der Waals surface area contributed by atoms with Crippen LogP contribution in [0.5, 0.6) is 0 Å². The number of hydrogen-bond acceptors (Lipinski definition) is 8. The van der Waals surface area contributed by atoms with Crippen LogP contribution in [0.25, 0.3) is 0 Å². The summed E-state index contributed by atoms with van der Waals surface area (Å²) in [5, 5.41) is 17.9. The fourth-order valence-electron chi connectivity index (χ4n) is 4.24. The van der Waals surface area contributed by atoms with Crippen LogP contribution in [0.1, 0.15) is 43.4 Å². The number of aromatic amines is 2. The highest BCUT2D eigenvalue weighted by molar-refractivity contribution is 7.71. The van der Waals surface area contributed by atoms with Gasteiger partial charge in [-0.25, -0.2) is 0 Å². The van der Waals surface area contributed by atoms with Crippen LogP contribution < -0.4 is 44.2 Å². The average Bonchev–Trinajstić information content (AvgIpc) is 3.38. The first kappa shape index (κ1) is 34.9. The van der Waals surface area contributed by atoms with Crippen LogP contribution in [-0.4, -0.2) is 76.8 Å². The molecule has 236 valence electrons. The minimum absolute atomic E-state index is 0.0262. The summed E-state index contributed by atoms with van der Waals surface area (Å²) in [5.74, 6) is -2.70. The smallest absolute Gasteiger partial charge is 0.243 e. The monoisotopic (exact) mass is 617 g/mol. The van der Waals surface area contributed by atoms with E-state index in [1.54, 1.807) is 6.20 Å². The first-order chi connectivity index (χ1) is 20.5. The summed E-state index contributed by atoms with van der Waals surface area (Å²) in [6.07, 6.45) is 3.88. The maximum absolute atomic E-state index is 13.5. The van der Waals surface area contributed by atoms with Crippen LogP contribution in [0, 0.1) is 10.2 Å². The molecule has 4 atom stereocenters. The van der Waals surface area contributed by atoms with Gasteiger partial charge in [0.05, 0.1) is 6.04 Å². The molecule has 0 spiro atoms. The predicted molar refractivity (Wildman–Crippen MR) is 165 cm³/mol. The van der Waals surface area contributed by atoms with Gasteiger partial charge in [0.15, 0.2) is 10.7 Å². The van der Waals surface area contributed by atoms with Crippen LogP contribution in [0.2, 0.25) is 0 Å². The van der Waals surface area contributed by atoms with Crippen LogP contribution in [0.15, 0.2) is 36.5 Å². The Bertz CT molecular complexity index is 1270. The molecule has 1 aromatic heterocycles. The van der Waals surface area contributed by atoms with Crippen LogP contribution >= 0.6 is 12.2 Å². The third-order valence-electron chi connectivity index (χ3n) is 6.58. The Morgan fingerprint density at radius 3 is 2.12 bits per heavy atom. The Hall–Kier alpha value is -4.28. The number of hydrogen-bond donors (Lipinski definition) is 11. The quantitative estimate of drug-likeness (QED) is 0.0379. The van der Waals surface area contributed by atoms with E-state index < -0.39 is 47.8 Å². The zero-order valence-electron chi connectivity index (χ0n) is 24.0. The third kappa shape index (κ3) is 13.1. The normalized spacial score (nSPS) is 13.6. The number of primary amides is 1. The predicted octanol–water partition coefficient (Wildman–Crippen LogP) is -1.48. The van der Waals surface area contributed by atoms with Crippen LogP contribution in [0.3, 0.4) is 0 Å². The standard InChI is InChI=1S/C27H43N11O4S/c28-11-5-4-10-19(24(41)37-20(22(30)39)13-16-7-2-1-3-8-16)36-25(42)21(14-17-15-34-27(43)35-17)38-23(40)18(29)9-6-12-33-26(31)32/h1-3,7-8,15,18-21H,4-6,9-14,28-29H2,(H2,30,39)(H,36,42)(H,37,41)(H,38,40)(H4,31,32,33)(H2,34,35,43)/t18-,19+,20+,21+/m1/s1.